The Morgan fingerprint density at radius 3 is 2.44 bits per heavy atom. The van der Waals surface area contributed by atoms with Crippen LogP contribution in [0.3, 0.4) is 0 Å². The Morgan fingerprint density at radius 2 is 2.11 bits per heavy atom. The Labute approximate surface area is 53.1 Å². The average Bonchev–Trinajstić information content (AvgIpc) is 2.34. The van der Waals surface area contributed by atoms with Crippen LogP contribution in [0.2, 0.25) is 0 Å². The summed E-state index contributed by atoms with van der Waals surface area (Å²) in [6.07, 6.45) is 5.03. The van der Waals surface area contributed by atoms with Gasteiger partial charge in [0, 0.05) is 0 Å². The van der Waals surface area contributed by atoms with E-state index in [4.69, 9.17) is 11.7 Å². The van der Waals surface area contributed by atoms with Crippen LogP contribution in [0.1, 0.15) is 11.4 Å². The van der Waals surface area contributed by atoms with Gasteiger partial charge in [-0.3, -0.25) is 0 Å². The molecule has 1 N–H and O–H groups in total. The zero-order chi connectivity index (χ0) is 6.69. The zero-order valence-corrected chi connectivity index (χ0v) is 4.68. The highest BCUT2D eigenvalue weighted by atomic mass is 14.7. The number of nitrogens with one attached hydrogen (secondary N) is 1. The van der Waals surface area contributed by atoms with E-state index in [9.17, 15) is 0 Å². The summed E-state index contributed by atoms with van der Waals surface area (Å²) in [5, 5.41) is 8.30. The topological polar surface area (TPSA) is 39.6 Å². The molecular formula is C7H4N2. The predicted molar refractivity (Wildman–Crippen MR) is 33.4 cm³/mol. The van der Waals surface area contributed by atoms with Gasteiger partial charge in [0.25, 0.3) is 0 Å². The number of nitrogens with zero attached hydrogens (tertiary/aromatic N) is 1. The van der Waals surface area contributed by atoms with E-state index in [0.717, 1.165) is 0 Å². The largest absolute Gasteiger partial charge is 0.340 e. The van der Waals surface area contributed by atoms with Crippen molar-refractivity contribution in [2.24, 2.45) is 0 Å². The Morgan fingerprint density at radius 1 is 1.44 bits per heavy atom. The maximum Gasteiger partial charge on any atom is 0.118 e. The smallest absolute Gasteiger partial charge is 0.118 e. The van der Waals surface area contributed by atoms with Crippen molar-refractivity contribution in [2.75, 3.05) is 0 Å². The van der Waals surface area contributed by atoms with Gasteiger partial charge in [-0.15, -0.1) is 6.42 Å². The molecule has 1 aromatic rings. The first-order valence-corrected chi connectivity index (χ1v) is 2.42. The molecule has 0 atom stereocenters. The van der Waals surface area contributed by atoms with Crippen LogP contribution in [0.5, 0.6) is 0 Å². The third-order valence-corrected chi connectivity index (χ3v) is 0.962. The molecule has 0 bridgehead atoms. The summed E-state index contributed by atoms with van der Waals surface area (Å²) in [5.41, 5.74) is 1.15. The Kier molecular flexibility index (Phi) is 1.25. The van der Waals surface area contributed by atoms with Crippen LogP contribution in [0.25, 0.3) is 0 Å². The Hall–Kier alpha value is -1.67. The first-order valence-electron chi connectivity index (χ1n) is 2.42. The van der Waals surface area contributed by atoms with E-state index < -0.39 is 0 Å². The molecule has 0 aliphatic carbocycles. The number of terminal acetylenes is 1. The number of hydrogen-bond donors (Lipinski definition) is 1. The molecule has 2 nitrogen and oxygen atoms in total. The SMILES string of the molecule is C#Cc1ccc(C#N)[nH]1. The van der Waals surface area contributed by atoms with Crippen LogP contribution in [0, 0.1) is 23.7 Å². The van der Waals surface area contributed by atoms with Crippen molar-refractivity contribution in [3.8, 4) is 18.4 Å². The molecule has 9 heavy (non-hydrogen) atoms. The highest BCUT2D eigenvalue weighted by Gasteiger charge is 1.90. The van der Waals surface area contributed by atoms with E-state index in [2.05, 4.69) is 10.9 Å². The van der Waals surface area contributed by atoms with Crippen LogP contribution < -0.4 is 0 Å². The molecule has 0 spiro atoms. The fourth-order valence-corrected chi connectivity index (χ4v) is 0.545. The summed E-state index contributed by atoms with van der Waals surface area (Å²) < 4.78 is 0. The molecule has 0 unspecified atom stereocenters. The second-order valence-corrected chi connectivity index (χ2v) is 1.54. The summed E-state index contributed by atoms with van der Waals surface area (Å²) in [7, 11) is 0. The molecule has 0 saturated heterocycles. The van der Waals surface area contributed by atoms with E-state index in [1.54, 1.807) is 12.1 Å². The molecule has 1 rings (SSSR count). The summed E-state index contributed by atoms with van der Waals surface area (Å²) in [6.45, 7) is 0. The predicted octanol–water partition coefficient (Wildman–Crippen LogP) is 0.868. The minimum atomic E-state index is 0.503. The van der Waals surface area contributed by atoms with Gasteiger partial charge in [0.2, 0.25) is 0 Å². The maximum absolute atomic E-state index is 8.30. The molecule has 1 aromatic heterocycles. The van der Waals surface area contributed by atoms with Crippen molar-refractivity contribution in [1.29, 1.82) is 5.26 Å². The highest BCUT2D eigenvalue weighted by Crippen LogP contribution is 1.96. The Bertz CT molecular complexity index is 254. The third-order valence-electron chi connectivity index (χ3n) is 0.962. The highest BCUT2D eigenvalue weighted by molar-refractivity contribution is 5.32. The van der Waals surface area contributed by atoms with Crippen LogP contribution in [-0.2, 0) is 0 Å². The van der Waals surface area contributed by atoms with Gasteiger partial charge >= 0.3 is 0 Å². The molecule has 0 aliphatic heterocycles. The van der Waals surface area contributed by atoms with Crippen molar-refractivity contribution in [3.63, 3.8) is 0 Å². The summed E-state index contributed by atoms with van der Waals surface area (Å²) in [5.74, 6) is 2.38. The average molecular weight is 116 g/mol. The van der Waals surface area contributed by atoms with Crippen molar-refractivity contribution >= 4 is 0 Å². The number of hydrogen-bond acceptors (Lipinski definition) is 1. The standard InChI is InChI=1S/C7H4N2/c1-2-6-3-4-7(5-8)9-6/h1,3-4,9H. The molecule has 1 heterocycles. The first kappa shape index (κ1) is 5.47. The van der Waals surface area contributed by atoms with Gasteiger partial charge in [-0.25, -0.2) is 0 Å². The van der Waals surface area contributed by atoms with Crippen molar-refractivity contribution < 1.29 is 0 Å². The zero-order valence-electron chi connectivity index (χ0n) is 4.68. The summed E-state index contributed by atoms with van der Waals surface area (Å²) >= 11 is 0. The monoisotopic (exact) mass is 116 g/mol. The quantitative estimate of drug-likeness (QED) is 0.502. The maximum atomic E-state index is 8.30. The number of H-pyrrole nitrogens is 1. The number of rotatable bonds is 0. The van der Waals surface area contributed by atoms with Gasteiger partial charge in [0.15, 0.2) is 0 Å². The van der Waals surface area contributed by atoms with Crippen molar-refractivity contribution in [3.05, 3.63) is 23.5 Å². The van der Waals surface area contributed by atoms with Gasteiger partial charge in [0.1, 0.15) is 11.8 Å². The van der Waals surface area contributed by atoms with E-state index >= 15 is 0 Å². The summed E-state index contributed by atoms with van der Waals surface area (Å²) in [4.78, 5) is 2.72. The fourth-order valence-electron chi connectivity index (χ4n) is 0.545. The molecule has 0 radical (unpaired) electrons. The van der Waals surface area contributed by atoms with Gasteiger partial charge < -0.3 is 4.98 Å². The van der Waals surface area contributed by atoms with Gasteiger partial charge in [-0.2, -0.15) is 5.26 Å². The first-order chi connectivity index (χ1) is 4.36. The Balaban J connectivity index is 3.08. The molecule has 2 heteroatoms. The van der Waals surface area contributed by atoms with Crippen LogP contribution in [-0.4, -0.2) is 4.98 Å². The number of nitriles is 1. The number of aromatic nitrogens is 1. The molecule has 0 aliphatic rings. The lowest BCUT2D eigenvalue weighted by Gasteiger charge is -1.75. The minimum absolute atomic E-state index is 0.503. The fraction of sp³-hybridized carbons (Fsp3) is 0. The lowest BCUT2D eigenvalue weighted by atomic mass is 10.4. The molecular weight excluding hydrogens is 112 g/mol. The molecule has 0 aromatic carbocycles. The van der Waals surface area contributed by atoms with Crippen LogP contribution >= 0.6 is 0 Å². The minimum Gasteiger partial charge on any atom is -0.340 e. The van der Waals surface area contributed by atoms with Crippen molar-refractivity contribution in [2.45, 2.75) is 0 Å². The second kappa shape index (κ2) is 2.07. The van der Waals surface area contributed by atoms with E-state index in [0.29, 0.717) is 11.4 Å². The lowest BCUT2D eigenvalue weighted by Crippen LogP contribution is -1.72. The molecule has 0 amide bonds. The molecule has 0 saturated carbocycles. The van der Waals surface area contributed by atoms with E-state index in [-0.39, 0.29) is 0 Å². The van der Waals surface area contributed by atoms with Gasteiger partial charge in [0.05, 0.1) is 5.69 Å². The van der Waals surface area contributed by atoms with Gasteiger partial charge in [-0.1, -0.05) is 5.92 Å². The normalized spacial score (nSPS) is 7.78. The lowest BCUT2D eigenvalue weighted by molar-refractivity contribution is 1.30. The molecule has 0 fully saturated rings. The van der Waals surface area contributed by atoms with Crippen LogP contribution in [0.4, 0.5) is 0 Å². The summed E-state index contributed by atoms with van der Waals surface area (Å²) in [6, 6.07) is 5.27. The van der Waals surface area contributed by atoms with Gasteiger partial charge in [-0.05, 0) is 12.1 Å². The second-order valence-electron chi connectivity index (χ2n) is 1.54. The van der Waals surface area contributed by atoms with E-state index in [1.807, 2.05) is 6.07 Å². The van der Waals surface area contributed by atoms with Crippen LogP contribution in [0.15, 0.2) is 12.1 Å². The number of aromatic amines is 1. The van der Waals surface area contributed by atoms with Crippen molar-refractivity contribution in [1.82, 2.24) is 4.98 Å². The molecule has 42 valence electrons. The van der Waals surface area contributed by atoms with E-state index in [1.165, 1.54) is 0 Å². The third kappa shape index (κ3) is 0.925.